The Morgan fingerprint density at radius 3 is 2.58 bits per heavy atom. The highest BCUT2D eigenvalue weighted by Gasteiger charge is 2.31. The molecule has 0 aliphatic carbocycles. The lowest BCUT2D eigenvalue weighted by molar-refractivity contribution is -0.153. The Morgan fingerprint density at radius 1 is 1.32 bits per heavy atom. The van der Waals surface area contributed by atoms with E-state index >= 15 is 0 Å². The predicted octanol–water partition coefficient (Wildman–Crippen LogP) is 1.85. The van der Waals surface area contributed by atoms with Gasteiger partial charge in [0.05, 0.1) is 0 Å². The molecule has 1 aliphatic rings. The second-order valence-electron chi connectivity index (χ2n) is 4.82. The summed E-state index contributed by atoms with van der Waals surface area (Å²) in [5.74, 6) is -1.20. The fraction of sp³-hybridized carbons (Fsp3) is 0.833. The zero-order valence-corrected chi connectivity index (χ0v) is 10.9. The Kier molecular flexibility index (Phi) is 5.62. The number of nitrogens with zero attached hydrogens (tertiary/aromatic N) is 1. The molecule has 1 fully saturated rings. The molecule has 0 spiro atoms. The second-order valence-corrected chi connectivity index (χ2v) is 4.82. The van der Waals surface area contributed by atoms with Crippen molar-refractivity contribution in [3.8, 4) is 0 Å². The van der Waals surface area contributed by atoms with Gasteiger partial charge in [-0.3, -0.25) is 9.59 Å². The van der Waals surface area contributed by atoms with Crippen LogP contribution < -0.4 is 5.32 Å². The highest BCUT2D eigenvalue weighted by Crippen LogP contribution is 2.19. The van der Waals surface area contributed by atoms with E-state index in [0.29, 0.717) is 6.54 Å². The Bertz CT molecular complexity index is 331. The summed E-state index contributed by atoms with van der Waals surface area (Å²) in [6, 6.07) is 0.173. The summed E-state index contributed by atoms with van der Waals surface area (Å²) >= 11 is 0. The van der Waals surface area contributed by atoms with Crippen LogP contribution in [0, 0.1) is 0 Å². The topological polar surface area (TPSA) is 49.4 Å². The molecule has 0 radical (unpaired) electrons. The van der Waals surface area contributed by atoms with E-state index in [0.717, 1.165) is 19.3 Å². The zero-order valence-electron chi connectivity index (χ0n) is 10.9. The average molecular weight is 280 g/mol. The van der Waals surface area contributed by atoms with Crippen LogP contribution in [0.25, 0.3) is 0 Å². The summed E-state index contributed by atoms with van der Waals surface area (Å²) < 4.78 is 35.7. The molecule has 1 heterocycles. The van der Waals surface area contributed by atoms with E-state index in [-0.39, 0.29) is 24.9 Å². The van der Waals surface area contributed by atoms with Gasteiger partial charge in [0.25, 0.3) is 0 Å². The van der Waals surface area contributed by atoms with Crippen molar-refractivity contribution in [3.63, 3.8) is 0 Å². The van der Waals surface area contributed by atoms with Crippen LogP contribution in [0.15, 0.2) is 0 Å². The molecule has 0 aromatic heterocycles. The number of nitrogens with one attached hydrogen (secondary N) is 1. The number of hydrogen-bond acceptors (Lipinski definition) is 2. The maximum atomic E-state index is 11.9. The molecular formula is C12H19F3N2O2. The third-order valence-electron chi connectivity index (χ3n) is 3.15. The largest absolute Gasteiger partial charge is 0.397 e. The number of carbonyl (C=O) groups excluding carboxylic acids is 2. The van der Waals surface area contributed by atoms with Crippen molar-refractivity contribution in [3.05, 3.63) is 0 Å². The first-order valence-corrected chi connectivity index (χ1v) is 6.42. The van der Waals surface area contributed by atoms with Crippen molar-refractivity contribution in [2.45, 2.75) is 51.2 Å². The monoisotopic (exact) mass is 280 g/mol. The molecule has 4 nitrogen and oxygen atoms in total. The molecule has 1 rings (SSSR count). The summed E-state index contributed by atoms with van der Waals surface area (Å²) in [6.45, 7) is 2.60. The van der Waals surface area contributed by atoms with Crippen molar-refractivity contribution in [1.82, 2.24) is 10.2 Å². The molecule has 1 saturated heterocycles. The lowest BCUT2D eigenvalue weighted by Gasteiger charge is -2.33. The molecule has 0 bridgehead atoms. The molecular weight excluding hydrogens is 261 g/mol. The molecule has 110 valence electrons. The van der Waals surface area contributed by atoms with Gasteiger partial charge in [-0.15, -0.1) is 0 Å². The maximum absolute atomic E-state index is 11.9. The predicted molar refractivity (Wildman–Crippen MR) is 63.3 cm³/mol. The highest BCUT2D eigenvalue weighted by atomic mass is 19.4. The molecule has 0 aromatic carbocycles. The van der Waals surface area contributed by atoms with E-state index in [1.165, 1.54) is 0 Å². The van der Waals surface area contributed by atoms with E-state index in [9.17, 15) is 22.8 Å². The average Bonchev–Trinajstić information content (AvgIpc) is 2.26. The van der Waals surface area contributed by atoms with Crippen molar-refractivity contribution >= 4 is 11.8 Å². The lowest BCUT2D eigenvalue weighted by Crippen LogP contribution is -2.43. The number of halogens is 3. The molecule has 19 heavy (non-hydrogen) atoms. The Balaban J connectivity index is 2.25. The van der Waals surface area contributed by atoms with Crippen LogP contribution in [0.1, 0.15) is 39.0 Å². The molecule has 1 N–H and O–H groups in total. The summed E-state index contributed by atoms with van der Waals surface area (Å²) in [4.78, 5) is 24.5. The molecule has 0 unspecified atom stereocenters. The minimum atomic E-state index is -4.50. The van der Waals surface area contributed by atoms with Gasteiger partial charge in [0.1, 0.15) is 6.42 Å². The maximum Gasteiger partial charge on any atom is 0.397 e. The molecule has 0 saturated carbocycles. The van der Waals surface area contributed by atoms with E-state index in [1.807, 2.05) is 6.92 Å². The number of hydrogen-bond donors (Lipinski definition) is 1. The molecule has 2 amide bonds. The van der Waals surface area contributed by atoms with Crippen LogP contribution in [0.4, 0.5) is 13.2 Å². The van der Waals surface area contributed by atoms with Gasteiger partial charge in [-0.2, -0.15) is 13.2 Å². The molecule has 0 aromatic rings. The first-order chi connectivity index (χ1) is 8.79. The quantitative estimate of drug-likeness (QED) is 0.854. The highest BCUT2D eigenvalue weighted by molar-refractivity contribution is 5.79. The van der Waals surface area contributed by atoms with Crippen molar-refractivity contribution in [2.75, 3.05) is 13.1 Å². The van der Waals surface area contributed by atoms with Gasteiger partial charge in [0.2, 0.25) is 11.8 Å². The van der Waals surface area contributed by atoms with Crippen LogP contribution in [-0.4, -0.2) is 42.0 Å². The molecule has 7 heteroatoms. The summed E-state index contributed by atoms with van der Waals surface area (Å²) in [6.07, 6.45) is -2.96. The van der Waals surface area contributed by atoms with Crippen LogP contribution >= 0.6 is 0 Å². The minimum absolute atomic E-state index is 0.0447. The standard InChI is InChI=1S/C12H19F3N2O2/c1-9-4-2-3-7-17(9)11(19)5-6-16-10(18)8-12(13,14)15/h9H,2-8H2,1H3,(H,16,18)/t9-/m1/s1. The first-order valence-electron chi connectivity index (χ1n) is 6.42. The van der Waals surface area contributed by atoms with Crippen LogP contribution in [0.2, 0.25) is 0 Å². The van der Waals surface area contributed by atoms with Gasteiger partial charge >= 0.3 is 6.18 Å². The summed E-state index contributed by atoms with van der Waals surface area (Å²) in [5, 5.41) is 2.12. The van der Waals surface area contributed by atoms with Gasteiger partial charge in [-0.1, -0.05) is 0 Å². The number of alkyl halides is 3. The third-order valence-corrected chi connectivity index (χ3v) is 3.15. The fourth-order valence-electron chi connectivity index (χ4n) is 2.17. The van der Waals surface area contributed by atoms with E-state index in [2.05, 4.69) is 5.32 Å². The Hall–Kier alpha value is -1.27. The van der Waals surface area contributed by atoms with Gasteiger partial charge in [-0.05, 0) is 26.2 Å². The van der Waals surface area contributed by atoms with Gasteiger partial charge in [0.15, 0.2) is 0 Å². The summed E-state index contributed by atoms with van der Waals surface area (Å²) in [5.41, 5.74) is 0. The smallest absolute Gasteiger partial charge is 0.355 e. The number of rotatable bonds is 4. The van der Waals surface area contributed by atoms with Crippen LogP contribution in [0.3, 0.4) is 0 Å². The van der Waals surface area contributed by atoms with Gasteiger partial charge in [0, 0.05) is 25.6 Å². The number of piperidine rings is 1. The zero-order chi connectivity index (χ0) is 14.5. The van der Waals surface area contributed by atoms with Crippen molar-refractivity contribution < 1.29 is 22.8 Å². The number of carbonyl (C=O) groups is 2. The normalized spacial score (nSPS) is 20.2. The van der Waals surface area contributed by atoms with Crippen molar-refractivity contribution in [2.24, 2.45) is 0 Å². The fourth-order valence-corrected chi connectivity index (χ4v) is 2.17. The van der Waals surface area contributed by atoms with E-state index in [1.54, 1.807) is 4.90 Å². The first kappa shape index (κ1) is 15.8. The van der Waals surface area contributed by atoms with Crippen LogP contribution in [-0.2, 0) is 9.59 Å². The second kappa shape index (κ2) is 6.77. The Labute approximate surface area is 110 Å². The van der Waals surface area contributed by atoms with Gasteiger partial charge in [-0.25, -0.2) is 0 Å². The van der Waals surface area contributed by atoms with E-state index < -0.39 is 18.5 Å². The third kappa shape index (κ3) is 5.94. The lowest BCUT2D eigenvalue weighted by atomic mass is 10.0. The molecule has 1 aliphatic heterocycles. The SMILES string of the molecule is C[C@@H]1CCCCN1C(=O)CCNC(=O)CC(F)(F)F. The summed E-state index contributed by atoms with van der Waals surface area (Å²) in [7, 11) is 0. The van der Waals surface area contributed by atoms with E-state index in [4.69, 9.17) is 0 Å². The number of likely N-dealkylation sites (tertiary alicyclic amines) is 1. The number of amides is 2. The molecule has 1 atom stereocenters. The minimum Gasteiger partial charge on any atom is -0.355 e. The van der Waals surface area contributed by atoms with Gasteiger partial charge < -0.3 is 10.2 Å². The van der Waals surface area contributed by atoms with Crippen molar-refractivity contribution in [1.29, 1.82) is 0 Å². The van der Waals surface area contributed by atoms with Crippen LogP contribution in [0.5, 0.6) is 0 Å². The Morgan fingerprint density at radius 2 is 2.00 bits per heavy atom.